The number of anilines is 1. The lowest BCUT2D eigenvalue weighted by Crippen LogP contribution is -2.24. The van der Waals surface area contributed by atoms with Crippen molar-refractivity contribution in [1.29, 1.82) is 0 Å². The first-order valence-corrected chi connectivity index (χ1v) is 6.01. The predicted octanol–water partition coefficient (Wildman–Crippen LogP) is 1.52. The maximum absolute atomic E-state index is 12.8. The number of nitrogens with zero attached hydrogens (tertiary/aromatic N) is 4. The van der Waals surface area contributed by atoms with Crippen LogP contribution in [0.3, 0.4) is 0 Å². The molecule has 0 aliphatic carbocycles. The Morgan fingerprint density at radius 1 is 1.25 bits per heavy atom. The van der Waals surface area contributed by atoms with Gasteiger partial charge in [0.25, 0.3) is 0 Å². The van der Waals surface area contributed by atoms with E-state index in [2.05, 4.69) is 25.8 Å². The molecule has 0 amide bonds. The van der Waals surface area contributed by atoms with Crippen LogP contribution in [0.4, 0.5) is 10.2 Å². The van der Waals surface area contributed by atoms with Crippen molar-refractivity contribution in [3.63, 3.8) is 0 Å². The minimum absolute atomic E-state index is 0.266. The third kappa shape index (κ3) is 2.46. The number of nitrogens with one attached hydrogen (secondary N) is 2. The zero-order chi connectivity index (χ0) is 13.9. The maximum Gasteiger partial charge on any atom is 0.325 e. The van der Waals surface area contributed by atoms with Gasteiger partial charge in [0.05, 0.1) is 5.71 Å². The third-order valence-corrected chi connectivity index (χ3v) is 2.80. The Morgan fingerprint density at radius 2 is 2.05 bits per heavy atom. The van der Waals surface area contributed by atoms with Gasteiger partial charge in [0.15, 0.2) is 5.82 Å². The number of benzene rings is 1. The highest BCUT2D eigenvalue weighted by molar-refractivity contribution is 5.98. The Morgan fingerprint density at radius 3 is 2.85 bits per heavy atom. The average Bonchev–Trinajstić information content (AvgIpc) is 2.93. The first-order chi connectivity index (χ1) is 9.72. The largest absolute Gasteiger partial charge is 0.325 e. The highest BCUT2D eigenvalue weighted by atomic mass is 19.1. The summed E-state index contributed by atoms with van der Waals surface area (Å²) in [7, 11) is 0. The van der Waals surface area contributed by atoms with Crippen molar-refractivity contribution in [2.75, 3.05) is 5.43 Å². The van der Waals surface area contributed by atoms with E-state index in [-0.39, 0.29) is 5.82 Å². The molecule has 2 N–H and O–H groups in total. The topological polar surface area (TPSA) is 70.1 Å². The SMILES string of the molecule is CC(=NNc1ccc2n[nH]c[n+]2n1)c1ccc(F)cc1. The zero-order valence-electron chi connectivity index (χ0n) is 10.7. The molecule has 6 nitrogen and oxygen atoms in total. The van der Waals surface area contributed by atoms with E-state index in [0.29, 0.717) is 5.82 Å². The van der Waals surface area contributed by atoms with Gasteiger partial charge in [-0.1, -0.05) is 17.2 Å². The predicted molar refractivity (Wildman–Crippen MR) is 71.8 cm³/mol. The quantitative estimate of drug-likeness (QED) is 0.431. The average molecular weight is 271 g/mol. The molecular weight excluding hydrogens is 259 g/mol. The molecule has 1 aromatic carbocycles. The number of aromatic nitrogens is 4. The van der Waals surface area contributed by atoms with Crippen LogP contribution in [0.5, 0.6) is 0 Å². The number of hydrogen-bond donors (Lipinski definition) is 2. The van der Waals surface area contributed by atoms with Crippen molar-refractivity contribution in [3.05, 3.63) is 54.1 Å². The van der Waals surface area contributed by atoms with Crippen molar-refractivity contribution in [2.45, 2.75) is 6.92 Å². The lowest BCUT2D eigenvalue weighted by molar-refractivity contribution is -0.579. The molecule has 0 saturated carbocycles. The van der Waals surface area contributed by atoms with E-state index in [9.17, 15) is 4.39 Å². The van der Waals surface area contributed by atoms with Crippen LogP contribution in [0.2, 0.25) is 0 Å². The Kier molecular flexibility index (Phi) is 3.08. The smallest absolute Gasteiger partial charge is 0.259 e. The molecule has 0 atom stereocenters. The fourth-order valence-corrected chi connectivity index (χ4v) is 1.72. The molecule has 0 aliphatic heterocycles. The van der Waals surface area contributed by atoms with E-state index in [1.54, 1.807) is 29.0 Å². The summed E-state index contributed by atoms with van der Waals surface area (Å²) in [6.07, 6.45) is 1.64. The molecule has 2 heterocycles. The summed E-state index contributed by atoms with van der Waals surface area (Å²) >= 11 is 0. The molecule has 2 aromatic heterocycles. The molecule has 0 aliphatic rings. The number of hydrazone groups is 1. The van der Waals surface area contributed by atoms with Crippen LogP contribution in [0.1, 0.15) is 12.5 Å². The van der Waals surface area contributed by atoms with Gasteiger partial charge >= 0.3 is 5.65 Å². The Labute approximate surface area is 114 Å². The summed E-state index contributed by atoms with van der Waals surface area (Å²) in [4.78, 5) is 0. The molecule has 20 heavy (non-hydrogen) atoms. The zero-order valence-corrected chi connectivity index (χ0v) is 10.7. The minimum Gasteiger partial charge on any atom is -0.259 e. The summed E-state index contributed by atoms with van der Waals surface area (Å²) in [5.41, 5.74) is 5.16. The second-order valence-corrected chi connectivity index (χ2v) is 4.21. The number of H-pyrrole nitrogens is 1. The summed E-state index contributed by atoms with van der Waals surface area (Å²) in [5, 5.41) is 15.2. The molecule has 0 bridgehead atoms. The number of aromatic amines is 1. The van der Waals surface area contributed by atoms with Gasteiger partial charge in [-0.25, -0.2) is 4.39 Å². The maximum atomic E-state index is 12.8. The third-order valence-electron chi connectivity index (χ3n) is 2.80. The number of rotatable bonds is 3. The molecule has 7 heteroatoms. The van der Waals surface area contributed by atoms with E-state index in [1.807, 2.05) is 13.0 Å². The lowest BCUT2D eigenvalue weighted by Gasteiger charge is -2.02. The monoisotopic (exact) mass is 271 g/mol. The lowest BCUT2D eigenvalue weighted by atomic mass is 10.1. The van der Waals surface area contributed by atoms with Gasteiger partial charge in [0.1, 0.15) is 5.82 Å². The van der Waals surface area contributed by atoms with E-state index in [0.717, 1.165) is 16.9 Å². The molecule has 0 spiro atoms. The van der Waals surface area contributed by atoms with Gasteiger partial charge in [0.2, 0.25) is 6.33 Å². The van der Waals surface area contributed by atoms with Gasteiger partial charge < -0.3 is 0 Å². The van der Waals surface area contributed by atoms with Crippen molar-refractivity contribution in [2.24, 2.45) is 5.10 Å². The number of fused-ring (bicyclic) bond motifs is 1. The minimum atomic E-state index is -0.266. The normalized spacial score (nSPS) is 11.8. The first kappa shape index (κ1) is 12.2. The Balaban J connectivity index is 1.80. The van der Waals surface area contributed by atoms with Crippen LogP contribution < -0.4 is 9.94 Å². The highest BCUT2D eigenvalue weighted by Gasteiger charge is 2.05. The van der Waals surface area contributed by atoms with Gasteiger partial charge in [-0.05, 0) is 30.7 Å². The first-order valence-electron chi connectivity index (χ1n) is 6.01. The van der Waals surface area contributed by atoms with Crippen LogP contribution in [0.25, 0.3) is 5.65 Å². The number of halogens is 1. The summed E-state index contributed by atoms with van der Waals surface area (Å²) in [6.45, 7) is 1.84. The Hall–Kier alpha value is -2.83. The fourth-order valence-electron chi connectivity index (χ4n) is 1.72. The van der Waals surface area contributed by atoms with E-state index in [1.165, 1.54) is 12.1 Å². The molecule has 0 fully saturated rings. The van der Waals surface area contributed by atoms with Crippen molar-refractivity contribution < 1.29 is 8.91 Å². The molecule has 0 radical (unpaired) electrons. The van der Waals surface area contributed by atoms with Crippen LogP contribution in [-0.4, -0.2) is 21.0 Å². The van der Waals surface area contributed by atoms with Crippen LogP contribution in [-0.2, 0) is 0 Å². The van der Waals surface area contributed by atoms with Gasteiger partial charge in [-0.2, -0.15) is 5.10 Å². The van der Waals surface area contributed by atoms with Crippen molar-refractivity contribution >= 4 is 17.2 Å². The molecule has 100 valence electrons. The molecular formula is C13H12FN6+. The van der Waals surface area contributed by atoms with Crippen LogP contribution >= 0.6 is 0 Å². The van der Waals surface area contributed by atoms with Gasteiger partial charge in [0, 0.05) is 11.2 Å². The summed E-state index contributed by atoms with van der Waals surface area (Å²) < 4.78 is 14.4. The van der Waals surface area contributed by atoms with E-state index in [4.69, 9.17) is 0 Å². The second-order valence-electron chi connectivity index (χ2n) is 4.21. The number of hydrogen-bond acceptors (Lipinski definition) is 4. The molecule has 0 unspecified atom stereocenters. The highest BCUT2D eigenvalue weighted by Crippen LogP contribution is 2.06. The Bertz CT molecular complexity index is 762. The van der Waals surface area contributed by atoms with Crippen LogP contribution in [0.15, 0.2) is 47.8 Å². The molecule has 3 rings (SSSR count). The summed E-state index contributed by atoms with van der Waals surface area (Å²) in [5.74, 6) is 0.323. The van der Waals surface area contributed by atoms with E-state index >= 15 is 0 Å². The molecule has 3 aromatic rings. The standard InChI is InChI=1S/C13H11FN6/c1-9(10-2-4-11(14)5-3-10)16-17-12-6-7-13-18-15-8-20(13)19-12/h2-8H,1H3,(H,17,19)/p+1. The van der Waals surface area contributed by atoms with Crippen molar-refractivity contribution in [1.82, 2.24) is 15.3 Å². The fraction of sp³-hybridized carbons (Fsp3) is 0.0769. The van der Waals surface area contributed by atoms with Crippen molar-refractivity contribution in [3.8, 4) is 0 Å². The second kappa shape index (κ2) is 5.04. The molecule has 0 saturated heterocycles. The van der Waals surface area contributed by atoms with Crippen LogP contribution in [0, 0.1) is 5.82 Å². The van der Waals surface area contributed by atoms with Gasteiger partial charge in [-0.3, -0.25) is 5.43 Å². The van der Waals surface area contributed by atoms with E-state index < -0.39 is 0 Å². The van der Waals surface area contributed by atoms with Gasteiger partial charge in [-0.15, -0.1) is 9.61 Å². The summed E-state index contributed by atoms with van der Waals surface area (Å²) in [6, 6.07) is 9.75.